The minimum Gasteiger partial charge on any atom is -0.368 e. The lowest BCUT2D eigenvalue weighted by Gasteiger charge is -2.33. The highest BCUT2D eigenvalue weighted by atomic mass is 15.2. The zero-order chi connectivity index (χ0) is 18.5. The Morgan fingerprint density at radius 3 is 1.89 bits per heavy atom. The Bertz CT molecular complexity index is 955. The summed E-state index contributed by atoms with van der Waals surface area (Å²) in [4.78, 5) is 23.4. The predicted molar refractivity (Wildman–Crippen MR) is 103 cm³/mol. The third-order valence-electron chi connectivity index (χ3n) is 4.09. The standard InChI is InChI=1S/C20H17N7/c21-20-25-11-7-18(26-20)27(17-6-3-10-24-14-17)19(15-4-1-8-22-12-15)16-5-2-9-23-13-16/h1-14,19H,(H2,21,25,26). The maximum Gasteiger partial charge on any atom is 0.221 e. The molecule has 0 aliphatic rings. The van der Waals surface area contributed by atoms with Crippen LogP contribution in [0.5, 0.6) is 0 Å². The average Bonchev–Trinajstić information content (AvgIpc) is 2.74. The monoisotopic (exact) mass is 355 g/mol. The summed E-state index contributed by atoms with van der Waals surface area (Å²) in [6.45, 7) is 0. The van der Waals surface area contributed by atoms with Crippen LogP contribution in [0.25, 0.3) is 0 Å². The quantitative estimate of drug-likeness (QED) is 0.587. The van der Waals surface area contributed by atoms with Crippen molar-refractivity contribution < 1.29 is 0 Å². The van der Waals surface area contributed by atoms with Gasteiger partial charge in [-0.25, -0.2) is 4.98 Å². The molecule has 0 unspecified atom stereocenters. The van der Waals surface area contributed by atoms with Crippen LogP contribution in [0, 0.1) is 0 Å². The molecule has 4 heterocycles. The molecule has 0 fully saturated rings. The molecule has 0 atom stereocenters. The Labute approximate surface area is 156 Å². The molecule has 4 rings (SSSR count). The maximum absolute atomic E-state index is 5.86. The summed E-state index contributed by atoms with van der Waals surface area (Å²) in [5, 5.41) is 0. The molecule has 0 saturated heterocycles. The fraction of sp³-hybridized carbons (Fsp3) is 0.0500. The van der Waals surface area contributed by atoms with Gasteiger partial charge in [0.2, 0.25) is 5.95 Å². The number of rotatable bonds is 5. The maximum atomic E-state index is 5.86. The number of nitrogens with zero attached hydrogens (tertiary/aromatic N) is 6. The van der Waals surface area contributed by atoms with Crippen LogP contribution < -0.4 is 10.6 Å². The fourth-order valence-electron chi connectivity index (χ4n) is 2.97. The minimum absolute atomic E-state index is 0.206. The van der Waals surface area contributed by atoms with E-state index >= 15 is 0 Å². The number of anilines is 3. The van der Waals surface area contributed by atoms with Gasteiger partial charge in [-0.1, -0.05) is 12.1 Å². The summed E-state index contributed by atoms with van der Waals surface area (Å²) in [6.07, 6.45) is 12.3. The van der Waals surface area contributed by atoms with Gasteiger partial charge in [0.05, 0.1) is 17.9 Å². The van der Waals surface area contributed by atoms with Crippen LogP contribution in [0.1, 0.15) is 17.2 Å². The highest BCUT2D eigenvalue weighted by molar-refractivity contribution is 5.63. The van der Waals surface area contributed by atoms with Crippen LogP contribution in [-0.4, -0.2) is 24.9 Å². The molecule has 0 aliphatic heterocycles. The van der Waals surface area contributed by atoms with Gasteiger partial charge in [-0.3, -0.25) is 15.0 Å². The molecule has 0 saturated carbocycles. The number of hydrogen-bond acceptors (Lipinski definition) is 7. The molecule has 0 amide bonds. The second-order valence-electron chi connectivity index (χ2n) is 5.83. The first-order valence-electron chi connectivity index (χ1n) is 8.40. The molecule has 7 nitrogen and oxygen atoms in total. The topological polar surface area (TPSA) is 93.7 Å². The SMILES string of the molecule is Nc1nccc(N(c2cccnc2)C(c2cccnc2)c2cccnc2)n1. The van der Waals surface area contributed by atoms with E-state index in [1.807, 2.05) is 54.9 Å². The summed E-state index contributed by atoms with van der Waals surface area (Å²) in [6, 6.07) is 13.3. The van der Waals surface area contributed by atoms with E-state index in [-0.39, 0.29) is 12.0 Å². The van der Waals surface area contributed by atoms with E-state index in [2.05, 4.69) is 29.8 Å². The molecule has 4 aromatic heterocycles. The molecule has 0 radical (unpaired) electrons. The van der Waals surface area contributed by atoms with E-state index in [0.29, 0.717) is 5.82 Å². The summed E-state index contributed by atoms with van der Waals surface area (Å²) >= 11 is 0. The lowest BCUT2D eigenvalue weighted by atomic mass is 9.99. The van der Waals surface area contributed by atoms with E-state index in [1.165, 1.54) is 0 Å². The highest BCUT2D eigenvalue weighted by Crippen LogP contribution is 2.37. The van der Waals surface area contributed by atoms with E-state index < -0.39 is 0 Å². The Morgan fingerprint density at radius 1 is 0.741 bits per heavy atom. The van der Waals surface area contributed by atoms with Crippen molar-refractivity contribution in [3.8, 4) is 0 Å². The molecule has 132 valence electrons. The molecule has 7 heteroatoms. The summed E-state index contributed by atoms with van der Waals surface area (Å²) in [5.41, 5.74) is 8.72. The van der Waals surface area contributed by atoms with Crippen LogP contribution in [-0.2, 0) is 0 Å². The van der Waals surface area contributed by atoms with Gasteiger partial charge < -0.3 is 10.6 Å². The first kappa shape index (κ1) is 16.6. The third kappa shape index (κ3) is 3.57. The average molecular weight is 355 g/mol. The van der Waals surface area contributed by atoms with Gasteiger partial charge in [0.1, 0.15) is 5.82 Å². The van der Waals surface area contributed by atoms with Crippen molar-refractivity contribution in [3.63, 3.8) is 0 Å². The molecule has 4 aromatic rings. The molecule has 0 aromatic carbocycles. The second-order valence-corrected chi connectivity index (χ2v) is 5.83. The molecule has 27 heavy (non-hydrogen) atoms. The van der Waals surface area contributed by atoms with Crippen molar-refractivity contribution in [2.75, 3.05) is 10.6 Å². The molecule has 0 bridgehead atoms. The van der Waals surface area contributed by atoms with Crippen molar-refractivity contribution >= 4 is 17.5 Å². The normalized spacial score (nSPS) is 10.7. The van der Waals surface area contributed by atoms with Crippen molar-refractivity contribution in [1.29, 1.82) is 0 Å². The van der Waals surface area contributed by atoms with Gasteiger partial charge in [0.25, 0.3) is 0 Å². The van der Waals surface area contributed by atoms with Gasteiger partial charge >= 0.3 is 0 Å². The van der Waals surface area contributed by atoms with Crippen molar-refractivity contribution in [2.45, 2.75) is 6.04 Å². The summed E-state index contributed by atoms with van der Waals surface area (Å²) < 4.78 is 0. The smallest absolute Gasteiger partial charge is 0.221 e. The number of pyridine rings is 3. The predicted octanol–water partition coefficient (Wildman–Crippen LogP) is 3.17. The van der Waals surface area contributed by atoms with Crippen LogP contribution >= 0.6 is 0 Å². The lowest BCUT2D eigenvalue weighted by molar-refractivity contribution is 0.793. The summed E-state index contributed by atoms with van der Waals surface area (Å²) in [5.74, 6) is 0.866. The molecule has 2 N–H and O–H groups in total. The van der Waals surface area contributed by atoms with Crippen LogP contribution in [0.4, 0.5) is 17.5 Å². The van der Waals surface area contributed by atoms with Crippen molar-refractivity contribution in [3.05, 3.63) is 97.0 Å². The first-order valence-corrected chi connectivity index (χ1v) is 8.40. The third-order valence-corrected chi connectivity index (χ3v) is 4.09. The van der Waals surface area contributed by atoms with Gasteiger partial charge in [0, 0.05) is 37.2 Å². The number of nitrogens with two attached hydrogens (primary N) is 1. The van der Waals surface area contributed by atoms with E-state index in [9.17, 15) is 0 Å². The Hall–Kier alpha value is -3.87. The number of hydrogen-bond donors (Lipinski definition) is 1. The zero-order valence-electron chi connectivity index (χ0n) is 14.4. The van der Waals surface area contributed by atoms with Gasteiger partial charge in [-0.05, 0) is 41.5 Å². The van der Waals surface area contributed by atoms with E-state index in [4.69, 9.17) is 5.73 Å². The summed E-state index contributed by atoms with van der Waals surface area (Å²) in [7, 11) is 0. The van der Waals surface area contributed by atoms with Crippen LogP contribution in [0.3, 0.4) is 0 Å². The minimum atomic E-state index is -0.217. The first-order chi connectivity index (χ1) is 13.3. The fourth-order valence-corrected chi connectivity index (χ4v) is 2.97. The van der Waals surface area contributed by atoms with Crippen molar-refractivity contribution in [2.24, 2.45) is 0 Å². The van der Waals surface area contributed by atoms with E-state index in [1.54, 1.807) is 31.0 Å². The number of aromatic nitrogens is 5. The van der Waals surface area contributed by atoms with Gasteiger partial charge in [-0.15, -0.1) is 0 Å². The Balaban J connectivity index is 1.94. The Kier molecular flexibility index (Phi) is 4.65. The van der Waals surface area contributed by atoms with E-state index in [0.717, 1.165) is 16.8 Å². The zero-order valence-corrected chi connectivity index (χ0v) is 14.4. The molecular weight excluding hydrogens is 338 g/mol. The van der Waals surface area contributed by atoms with Crippen LogP contribution in [0.15, 0.2) is 85.8 Å². The molecule has 0 spiro atoms. The molecule has 0 aliphatic carbocycles. The molecular formula is C20H17N7. The number of nitrogen functional groups attached to an aromatic ring is 1. The van der Waals surface area contributed by atoms with Gasteiger partial charge in [0.15, 0.2) is 0 Å². The highest BCUT2D eigenvalue weighted by Gasteiger charge is 2.26. The van der Waals surface area contributed by atoms with Crippen LogP contribution in [0.2, 0.25) is 0 Å². The largest absolute Gasteiger partial charge is 0.368 e. The second kappa shape index (κ2) is 7.57. The van der Waals surface area contributed by atoms with Gasteiger partial charge in [-0.2, -0.15) is 4.98 Å². The Morgan fingerprint density at radius 2 is 1.37 bits per heavy atom. The van der Waals surface area contributed by atoms with Crippen molar-refractivity contribution in [1.82, 2.24) is 24.9 Å². The lowest BCUT2D eigenvalue weighted by Crippen LogP contribution is -2.26.